The Morgan fingerprint density at radius 3 is 2.81 bits per heavy atom. The molecule has 0 saturated carbocycles. The minimum atomic E-state index is -0.181. The molecule has 0 heterocycles. The van der Waals surface area contributed by atoms with Crippen molar-refractivity contribution in [2.75, 3.05) is 0 Å². The topological polar surface area (TPSA) is 41.5 Å². The fourth-order valence-corrected chi connectivity index (χ4v) is 1.97. The van der Waals surface area contributed by atoms with Crippen LogP contribution in [0.4, 0.5) is 0 Å². The van der Waals surface area contributed by atoms with Crippen LogP contribution in [0.5, 0.6) is 5.75 Å². The standard InChI is InChI=1S/C13H19NO2/c1-13(2,3)16-14-12-7-4-9-8-10(15)5-6-11(9)12/h5-6,8,12,14-15H,4,7H2,1-3H3. The highest BCUT2D eigenvalue weighted by atomic mass is 16.7. The third-order valence-electron chi connectivity index (χ3n) is 2.71. The summed E-state index contributed by atoms with van der Waals surface area (Å²) in [6, 6.07) is 5.79. The number of fused-ring (bicyclic) bond motifs is 1. The lowest BCUT2D eigenvalue weighted by molar-refractivity contribution is -0.0888. The van der Waals surface area contributed by atoms with Crippen molar-refractivity contribution in [3.05, 3.63) is 29.3 Å². The maximum Gasteiger partial charge on any atom is 0.115 e. The average molecular weight is 221 g/mol. The molecule has 0 fully saturated rings. The number of phenols is 1. The number of hydroxylamine groups is 1. The van der Waals surface area contributed by atoms with Crippen molar-refractivity contribution in [2.24, 2.45) is 0 Å². The fourth-order valence-electron chi connectivity index (χ4n) is 1.97. The number of rotatable bonds is 2. The zero-order chi connectivity index (χ0) is 11.8. The van der Waals surface area contributed by atoms with E-state index >= 15 is 0 Å². The first-order valence-corrected chi connectivity index (χ1v) is 5.71. The molecule has 0 bridgehead atoms. The van der Waals surface area contributed by atoms with E-state index in [0.717, 1.165) is 12.8 Å². The molecule has 1 aliphatic rings. The number of nitrogens with one attached hydrogen (secondary N) is 1. The SMILES string of the molecule is CC(C)(C)ONC1CCc2cc(O)ccc21. The van der Waals surface area contributed by atoms with Gasteiger partial charge < -0.3 is 5.11 Å². The minimum Gasteiger partial charge on any atom is -0.508 e. The van der Waals surface area contributed by atoms with E-state index in [0.29, 0.717) is 5.75 Å². The highest BCUT2D eigenvalue weighted by molar-refractivity contribution is 5.39. The van der Waals surface area contributed by atoms with Gasteiger partial charge >= 0.3 is 0 Å². The first-order valence-electron chi connectivity index (χ1n) is 5.71. The Hall–Kier alpha value is -1.06. The van der Waals surface area contributed by atoms with E-state index in [-0.39, 0.29) is 11.6 Å². The Kier molecular flexibility index (Phi) is 2.91. The summed E-state index contributed by atoms with van der Waals surface area (Å²) < 4.78 is 0. The third-order valence-corrected chi connectivity index (χ3v) is 2.71. The number of hydrogen-bond acceptors (Lipinski definition) is 3. The zero-order valence-electron chi connectivity index (χ0n) is 10.1. The van der Waals surface area contributed by atoms with Crippen LogP contribution in [0.1, 0.15) is 44.4 Å². The van der Waals surface area contributed by atoms with Gasteiger partial charge in [-0.3, -0.25) is 4.84 Å². The van der Waals surface area contributed by atoms with E-state index in [1.54, 1.807) is 6.07 Å². The molecule has 0 saturated heterocycles. The lowest BCUT2D eigenvalue weighted by Gasteiger charge is -2.23. The van der Waals surface area contributed by atoms with Gasteiger partial charge in [-0.2, -0.15) is 5.48 Å². The molecule has 88 valence electrons. The van der Waals surface area contributed by atoms with Crippen LogP contribution in [-0.2, 0) is 11.3 Å². The Balaban J connectivity index is 2.06. The van der Waals surface area contributed by atoms with E-state index in [9.17, 15) is 5.11 Å². The van der Waals surface area contributed by atoms with Crippen molar-refractivity contribution in [3.63, 3.8) is 0 Å². The van der Waals surface area contributed by atoms with Crippen molar-refractivity contribution >= 4 is 0 Å². The van der Waals surface area contributed by atoms with Crippen LogP contribution in [0.25, 0.3) is 0 Å². The smallest absolute Gasteiger partial charge is 0.115 e. The van der Waals surface area contributed by atoms with Crippen LogP contribution in [-0.4, -0.2) is 10.7 Å². The number of aromatic hydroxyl groups is 1. The molecule has 0 spiro atoms. The summed E-state index contributed by atoms with van der Waals surface area (Å²) in [5, 5.41) is 9.39. The minimum absolute atomic E-state index is 0.181. The Labute approximate surface area is 96.4 Å². The van der Waals surface area contributed by atoms with Crippen LogP contribution < -0.4 is 5.48 Å². The van der Waals surface area contributed by atoms with E-state index < -0.39 is 0 Å². The number of phenolic OH excluding ortho intramolecular Hbond substituents is 1. The van der Waals surface area contributed by atoms with Crippen LogP contribution in [0.2, 0.25) is 0 Å². The second-order valence-corrected chi connectivity index (χ2v) is 5.31. The van der Waals surface area contributed by atoms with Crippen molar-refractivity contribution in [3.8, 4) is 5.75 Å². The first kappa shape index (κ1) is 11.4. The van der Waals surface area contributed by atoms with Crippen molar-refractivity contribution in [1.29, 1.82) is 0 Å². The molecular formula is C13H19NO2. The van der Waals surface area contributed by atoms with Crippen LogP contribution in [0, 0.1) is 0 Å². The highest BCUT2D eigenvalue weighted by Crippen LogP contribution is 2.33. The van der Waals surface area contributed by atoms with Gasteiger partial charge in [0.25, 0.3) is 0 Å². The summed E-state index contributed by atoms with van der Waals surface area (Å²) in [4.78, 5) is 5.59. The number of aryl methyl sites for hydroxylation is 1. The highest BCUT2D eigenvalue weighted by Gasteiger charge is 2.24. The Morgan fingerprint density at radius 1 is 1.38 bits per heavy atom. The van der Waals surface area contributed by atoms with Gasteiger partial charge in [-0.15, -0.1) is 0 Å². The van der Waals surface area contributed by atoms with E-state index in [2.05, 4.69) is 5.48 Å². The summed E-state index contributed by atoms with van der Waals surface area (Å²) in [6.45, 7) is 6.06. The van der Waals surface area contributed by atoms with E-state index in [1.165, 1.54) is 11.1 Å². The fraction of sp³-hybridized carbons (Fsp3) is 0.538. The molecular weight excluding hydrogens is 202 g/mol. The molecule has 16 heavy (non-hydrogen) atoms. The van der Waals surface area contributed by atoms with Crippen molar-refractivity contribution in [1.82, 2.24) is 5.48 Å². The molecule has 1 aromatic rings. The molecule has 3 heteroatoms. The third kappa shape index (κ3) is 2.54. The maximum atomic E-state index is 9.39. The predicted molar refractivity (Wildman–Crippen MR) is 63.1 cm³/mol. The molecule has 3 nitrogen and oxygen atoms in total. The van der Waals surface area contributed by atoms with Gasteiger partial charge in [0.2, 0.25) is 0 Å². The number of benzene rings is 1. The predicted octanol–water partition coefficient (Wildman–Crippen LogP) is 2.70. The molecule has 1 atom stereocenters. The molecule has 2 rings (SSSR count). The first-order chi connectivity index (χ1) is 7.46. The zero-order valence-corrected chi connectivity index (χ0v) is 10.1. The number of hydrogen-bond donors (Lipinski definition) is 2. The van der Waals surface area contributed by atoms with Crippen molar-refractivity contribution < 1.29 is 9.94 Å². The van der Waals surface area contributed by atoms with Gasteiger partial charge in [-0.05, 0) is 56.9 Å². The van der Waals surface area contributed by atoms with E-state index in [1.807, 2.05) is 32.9 Å². The van der Waals surface area contributed by atoms with Crippen LogP contribution in [0.15, 0.2) is 18.2 Å². The normalized spacial score (nSPS) is 19.8. The summed E-state index contributed by atoms with van der Waals surface area (Å²) in [5.41, 5.74) is 5.39. The Morgan fingerprint density at radius 2 is 2.12 bits per heavy atom. The lowest BCUT2D eigenvalue weighted by atomic mass is 10.1. The Bertz CT molecular complexity index is 382. The van der Waals surface area contributed by atoms with Crippen LogP contribution >= 0.6 is 0 Å². The van der Waals surface area contributed by atoms with E-state index in [4.69, 9.17) is 4.84 Å². The van der Waals surface area contributed by atoms with Gasteiger partial charge in [0, 0.05) is 0 Å². The molecule has 2 N–H and O–H groups in total. The molecule has 0 aliphatic heterocycles. The van der Waals surface area contributed by atoms with Crippen LogP contribution in [0.3, 0.4) is 0 Å². The van der Waals surface area contributed by atoms with Gasteiger partial charge in [0.1, 0.15) is 5.75 Å². The summed E-state index contributed by atoms with van der Waals surface area (Å²) in [7, 11) is 0. The molecule has 1 aromatic carbocycles. The second-order valence-electron chi connectivity index (χ2n) is 5.31. The van der Waals surface area contributed by atoms with Gasteiger partial charge in [-0.1, -0.05) is 6.07 Å². The molecule has 0 amide bonds. The lowest BCUT2D eigenvalue weighted by Crippen LogP contribution is -2.31. The average Bonchev–Trinajstić information content (AvgIpc) is 2.56. The second kappa shape index (κ2) is 4.07. The summed E-state index contributed by atoms with van der Waals surface area (Å²) in [5.74, 6) is 0.344. The quantitative estimate of drug-likeness (QED) is 0.754. The van der Waals surface area contributed by atoms with Gasteiger partial charge in [-0.25, -0.2) is 0 Å². The monoisotopic (exact) mass is 221 g/mol. The maximum absolute atomic E-state index is 9.39. The summed E-state index contributed by atoms with van der Waals surface area (Å²) in [6.07, 6.45) is 2.02. The molecule has 1 unspecified atom stereocenters. The van der Waals surface area contributed by atoms with Gasteiger partial charge in [0.15, 0.2) is 0 Å². The molecule has 1 aliphatic carbocycles. The summed E-state index contributed by atoms with van der Waals surface area (Å²) >= 11 is 0. The molecule has 0 radical (unpaired) electrons. The largest absolute Gasteiger partial charge is 0.508 e. The van der Waals surface area contributed by atoms with Crippen molar-refractivity contribution in [2.45, 2.75) is 45.3 Å². The van der Waals surface area contributed by atoms with Gasteiger partial charge in [0.05, 0.1) is 11.6 Å². The molecule has 0 aromatic heterocycles.